The highest BCUT2D eigenvalue weighted by atomic mass is 16.5. The topological polar surface area (TPSA) is 90.5 Å². The molecule has 0 saturated carbocycles. The molecule has 0 aliphatic carbocycles. The molecule has 2 aliphatic rings. The van der Waals surface area contributed by atoms with Gasteiger partial charge in [-0.2, -0.15) is 15.2 Å². The normalized spacial score (nSPS) is 19.5. The molecule has 0 radical (unpaired) electrons. The van der Waals surface area contributed by atoms with Crippen LogP contribution in [0, 0.1) is 11.3 Å². The van der Waals surface area contributed by atoms with E-state index in [4.69, 9.17) is 14.7 Å². The monoisotopic (exact) mass is 549 g/mol. The Morgan fingerprint density at radius 1 is 1.10 bits per heavy atom. The number of likely N-dealkylation sites (tertiary alicyclic amines) is 1. The molecule has 41 heavy (non-hydrogen) atoms. The Labute approximate surface area is 240 Å². The summed E-state index contributed by atoms with van der Waals surface area (Å²) >= 11 is 0. The Kier molecular flexibility index (Phi) is 7.57. The molecule has 0 bridgehead atoms. The van der Waals surface area contributed by atoms with E-state index in [9.17, 15) is 10.1 Å². The molecule has 2 aromatic carbocycles. The van der Waals surface area contributed by atoms with Crippen molar-refractivity contribution in [2.75, 3.05) is 44.7 Å². The molecule has 6 rings (SSSR count). The highest BCUT2D eigenvalue weighted by Crippen LogP contribution is 2.31. The van der Waals surface area contributed by atoms with E-state index in [1.54, 1.807) is 4.90 Å². The average Bonchev–Trinajstić information content (AvgIpc) is 3.60. The van der Waals surface area contributed by atoms with Gasteiger partial charge in [0, 0.05) is 44.6 Å². The van der Waals surface area contributed by atoms with Crippen LogP contribution in [0.4, 0.5) is 5.82 Å². The van der Waals surface area contributed by atoms with Gasteiger partial charge < -0.3 is 24.0 Å². The number of hydrogen-bond acceptors (Lipinski definition) is 7. The second kappa shape index (κ2) is 11.6. The maximum atomic E-state index is 12.5. The van der Waals surface area contributed by atoms with Crippen LogP contribution in [0.15, 0.2) is 67.5 Å². The molecule has 210 valence electrons. The number of hydrogen-bond donors (Lipinski definition) is 0. The van der Waals surface area contributed by atoms with Crippen molar-refractivity contribution in [3.63, 3.8) is 0 Å². The van der Waals surface area contributed by atoms with Crippen LogP contribution in [-0.2, 0) is 11.3 Å². The molecule has 9 nitrogen and oxygen atoms in total. The van der Waals surface area contributed by atoms with Crippen LogP contribution < -0.4 is 9.64 Å². The smallest absolute Gasteiger partial charge is 0.319 e. The summed E-state index contributed by atoms with van der Waals surface area (Å²) in [5, 5.41) is 12.9. The molecule has 2 unspecified atom stereocenters. The number of ether oxygens (including phenoxy) is 1. The maximum Gasteiger partial charge on any atom is 0.319 e. The van der Waals surface area contributed by atoms with E-state index in [1.807, 2.05) is 0 Å². The predicted molar refractivity (Wildman–Crippen MR) is 160 cm³/mol. The Morgan fingerprint density at radius 3 is 2.76 bits per heavy atom. The Hall–Kier alpha value is -4.42. The molecule has 2 saturated heterocycles. The van der Waals surface area contributed by atoms with Gasteiger partial charge in [0.15, 0.2) is 0 Å². The number of anilines is 1. The Bertz CT molecular complexity index is 1620. The summed E-state index contributed by atoms with van der Waals surface area (Å²) in [5.41, 5.74) is 2.04. The van der Waals surface area contributed by atoms with E-state index in [0.717, 1.165) is 29.7 Å². The summed E-state index contributed by atoms with van der Waals surface area (Å²) in [7, 11) is 2.13. The van der Waals surface area contributed by atoms with Crippen molar-refractivity contribution >= 4 is 33.4 Å². The number of amides is 1. The van der Waals surface area contributed by atoms with Gasteiger partial charge in [-0.05, 0) is 48.8 Å². The molecule has 0 N–H and O–H groups in total. The average molecular weight is 550 g/mol. The van der Waals surface area contributed by atoms with Gasteiger partial charge in [0.1, 0.15) is 12.4 Å². The van der Waals surface area contributed by atoms with Gasteiger partial charge >= 0.3 is 6.01 Å². The maximum absolute atomic E-state index is 12.5. The molecule has 2 aliphatic heterocycles. The highest BCUT2D eigenvalue weighted by Gasteiger charge is 2.31. The lowest BCUT2D eigenvalue weighted by Crippen LogP contribution is -2.55. The number of nitrogens with zero attached hydrogens (tertiary/aromatic N) is 7. The summed E-state index contributed by atoms with van der Waals surface area (Å²) in [6, 6.07) is 17.5. The number of rotatable bonds is 8. The summed E-state index contributed by atoms with van der Waals surface area (Å²) in [6.07, 6.45) is 7.98. The number of likely N-dealkylation sites (N-methyl/N-ethyl adjacent to an activating group) is 1. The first-order valence-corrected chi connectivity index (χ1v) is 14.3. The van der Waals surface area contributed by atoms with Crippen LogP contribution >= 0.6 is 0 Å². The Balaban J connectivity index is 1.35. The number of benzene rings is 2. The molecule has 2 atom stereocenters. The molecule has 2 fully saturated rings. The molecular weight excluding hydrogens is 514 g/mol. The summed E-state index contributed by atoms with van der Waals surface area (Å²) in [4.78, 5) is 28.5. The van der Waals surface area contributed by atoms with Gasteiger partial charge in [-0.1, -0.05) is 49.0 Å². The van der Waals surface area contributed by atoms with Crippen LogP contribution in [0.3, 0.4) is 0 Å². The third kappa shape index (κ3) is 5.48. The standard InChI is InChI=1S/C32H35N7O2/c1-3-30(40)39-17-16-38(19-25(39)13-14-33)31-28-20-37(18-24-10-6-9-23-8-4-5-12-27(23)24)21-29(28)34-32(35-31)41-22-26-11-7-15-36(26)2/h3-6,8-10,12,20-21,25-26H,1,7,11,13,15-19,22H2,2H3. The van der Waals surface area contributed by atoms with E-state index in [1.165, 1.54) is 28.8 Å². The summed E-state index contributed by atoms with van der Waals surface area (Å²) < 4.78 is 8.36. The van der Waals surface area contributed by atoms with E-state index in [-0.39, 0.29) is 18.4 Å². The predicted octanol–water partition coefficient (Wildman–Crippen LogP) is 4.22. The number of aromatic nitrogens is 3. The molecule has 4 aromatic rings. The summed E-state index contributed by atoms with van der Waals surface area (Å²) in [5.74, 6) is 0.624. The van der Waals surface area contributed by atoms with Crippen LogP contribution in [0.5, 0.6) is 6.01 Å². The second-order valence-corrected chi connectivity index (χ2v) is 11.0. The van der Waals surface area contributed by atoms with Crippen LogP contribution in [-0.4, -0.2) is 82.2 Å². The first-order valence-electron chi connectivity index (χ1n) is 14.3. The van der Waals surface area contributed by atoms with Gasteiger partial charge in [0.05, 0.1) is 29.4 Å². The molecule has 9 heteroatoms. The minimum Gasteiger partial charge on any atom is -0.462 e. The van der Waals surface area contributed by atoms with Gasteiger partial charge in [0.2, 0.25) is 5.91 Å². The van der Waals surface area contributed by atoms with Gasteiger partial charge in [-0.3, -0.25) is 4.79 Å². The Morgan fingerprint density at radius 2 is 1.95 bits per heavy atom. The van der Waals surface area contributed by atoms with Crippen LogP contribution in [0.25, 0.3) is 21.7 Å². The largest absolute Gasteiger partial charge is 0.462 e. The fourth-order valence-corrected chi connectivity index (χ4v) is 6.16. The summed E-state index contributed by atoms with van der Waals surface area (Å²) in [6.45, 7) is 7.53. The second-order valence-electron chi connectivity index (χ2n) is 11.0. The van der Waals surface area contributed by atoms with Crippen molar-refractivity contribution < 1.29 is 9.53 Å². The van der Waals surface area contributed by atoms with Crippen molar-refractivity contribution in [1.82, 2.24) is 24.3 Å². The van der Waals surface area contributed by atoms with E-state index < -0.39 is 0 Å². The SMILES string of the molecule is C=CC(=O)N1CCN(c2nc(OCC3CCCN3C)nc3cn(Cc4cccc5ccccc45)cc23)CC1CC#N. The van der Waals surface area contributed by atoms with Gasteiger partial charge in [-0.15, -0.1) is 0 Å². The number of carbonyl (C=O) groups excluding carboxylic acids is 1. The van der Waals surface area contributed by atoms with Crippen molar-refractivity contribution in [2.45, 2.75) is 37.9 Å². The number of piperazine rings is 1. The fraction of sp³-hybridized carbons (Fsp3) is 0.375. The van der Waals surface area contributed by atoms with Gasteiger partial charge in [0.25, 0.3) is 0 Å². The molecule has 4 heterocycles. The number of carbonyl (C=O) groups is 1. The molecular formula is C32H35N7O2. The third-order valence-electron chi connectivity index (χ3n) is 8.39. The molecule has 1 amide bonds. The van der Waals surface area contributed by atoms with Crippen molar-refractivity contribution in [1.29, 1.82) is 5.26 Å². The van der Waals surface area contributed by atoms with E-state index in [0.29, 0.717) is 44.8 Å². The zero-order valence-electron chi connectivity index (χ0n) is 23.4. The van der Waals surface area contributed by atoms with Crippen molar-refractivity contribution in [3.05, 3.63) is 73.1 Å². The zero-order valence-corrected chi connectivity index (χ0v) is 23.4. The van der Waals surface area contributed by atoms with Crippen LogP contribution in [0.1, 0.15) is 24.8 Å². The lowest BCUT2D eigenvalue weighted by atomic mass is 10.0. The molecule has 0 spiro atoms. The van der Waals surface area contributed by atoms with Crippen molar-refractivity contribution in [3.8, 4) is 12.1 Å². The van der Waals surface area contributed by atoms with Crippen molar-refractivity contribution in [2.24, 2.45) is 0 Å². The number of fused-ring (bicyclic) bond motifs is 2. The van der Waals surface area contributed by atoms with Crippen LogP contribution in [0.2, 0.25) is 0 Å². The van der Waals surface area contributed by atoms with E-state index >= 15 is 0 Å². The minimum atomic E-state index is -0.251. The quantitative estimate of drug-likeness (QED) is 0.304. The lowest BCUT2D eigenvalue weighted by Gasteiger charge is -2.40. The fourth-order valence-electron chi connectivity index (χ4n) is 6.16. The molecule has 2 aromatic heterocycles. The lowest BCUT2D eigenvalue weighted by molar-refractivity contribution is -0.128. The minimum absolute atomic E-state index is 0.149. The third-order valence-corrected chi connectivity index (χ3v) is 8.39. The highest BCUT2D eigenvalue weighted by molar-refractivity contribution is 5.91. The zero-order chi connectivity index (χ0) is 28.3. The van der Waals surface area contributed by atoms with E-state index in [2.05, 4.69) is 88.9 Å². The van der Waals surface area contributed by atoms with Gasteiger partial charge in [-0.25, -0.2) is 0 Å². The number of nitriles is 1. The first-order chi connectivity index (χ1) is 20.0. The first kappa shape index (κ1) is 26.8.